The molecule has 0 saturated heterocycles. The SMILES string of the molecule is CCCNC(=O)[C@H](C)N(Cc1ccc(F)cc1)C(=O)CN(c1cc(C)cc(C)c1)S(=O)(=O)c1ccc(OC)c(OC)c1. The van der Waals surface area contributed by atoms with Crippen molar-refractivity contribution >= 4 is 27.5 Å². The van der Waals surface area contributed by atoms with Crippen LogP contribution in [0.1, 0.15) is 37.0 Å². The molecular weight excluding hydrogens is 561 g/mol. The quantitative estimate of drug-likeness (QED) is 0.308. The molecule has 3 aromatic rings. The van der Waals surface area contributed by atoms with Gasteiger partial charge in [-0.25, -0.2) is 12.8 Å². The lowest BCUT2D eigenvalue weighted by Crippen LogP contribution is -2.51. The number of rotatable bonds is 13. The second-order valence-corrected chi connectivity index (χ2v) is 11.9. The number of carbonyl (C=O) groups excluding carboxylic acids is 2. The van der Waals surface area contributed by atoms with Gasteiger partial charge in [-0.15, -0.1) is 0 Å². The van der Waals surface area contributed by atoms with E-state index in [1.54, 1.807) is 19.1 Å². The van der Waals surface area contributed by atoms with Gasteiger partial charge in [-0.2, -0.15) is 0 Å². The van der Waals surface area contributed by atoms with Crippen molar-refractivity contribution in [2.24, 2.45) is 0 Å². The average Bonchev–Trinajstić information content (AvgIpc) is 2.96. The van der Waals surface area contributed by atoms with E-state index in [0.717, 1.165) is 15.4 Å². The molecular formula is C31H38FN3O6S. The molecule has 0 aliphatic carbocycles. The minimum atomic E-state index is -4.31. The van der Waals surface area contributed by atoms with E-state index in [2.05, 4.69) is 5.32 Å². The van der Waals surface area contributed by atoms with Gasteiger partial charge < -0.3 is 19.7 Å². The third-order valence-corrected chi connectivity index (χ3v) is 8.47. The molecule has 0 saturated carbocycles. The number of carbonyl (C=O) groups is 2. The highest BCUT2D eigenvalue weighted by Crippen LogP contribution is 2.33. The summed E-state index contributed by atoms with van der Waals surface area (Å²) in [6.07, 6.45) is 0.703. The average molecular weight is 600 g/mol. The molecule has 0 aromatic heterocycles. The minimum absolute atomic E-state index is 0.0308. The number of amides is 2. The Labute approximate surface area is 247 Å². The summed E-state index contributed by atoms with van der Waals surface area (Å²) in [5.41, 5.74) is 2.49. The highest BCUT2D eigenvalue weighted by molar-refractivity contribution is 7.92. The number of nitrogens with one attached hydrogen (secondary N) is 1. The molecule has 0 spiro atoms. The topological polar surface area (TPSA) is 105 Å². The van der Waals surface area contributed by atoms with Crippen LogP contribution in [0.25, 0.3) is 0 Å². The van der Waals surface area contributed by atoms with Crippen LogP contribution in [0.4, 0.5) is 10.1 Å². The Hall–Kier alpha value is -4.12. The van der Waals surface area contributed by atoms with Crippen LogP contribution >= 0.6 is 0 Å². The van der Waals surface area contributed by atoms with Gasteiger partial charge in [-0.1, -0.05) is 25.1 Å². The van der Waals surface area contributed by atoms with E-state index in [1.807, 2.05) is 26.8 Å². The van der Waals surface area contributed by atoms with Crippen LogP contribution in [0.15, 0.2) is 65.6 Å². The molecule has 0 unspecified atom stereocenters. The lowest BCUT2D eigenvalue weighted by molar-refractivity contribution is -0.139. The minimum Gasteiger partial charge on any atom is -0.493 e. The van der Waals surface area contributed by atoms with Crippen molar-refractivity contribution in [1.29, 1.82) is 0 Å². The maximum Gasteiger partial charge on any atom is 0.264 e. The fourth-order valence-corrected chi connectivity index (χ4v) is 5.91. The number of hydrogen-bond acceptors (Lipinski definition) is 6. The van der Waals surface area contributed by atoms with Crippen LogP contribution in [0.5, 0.6) is 11.5 Å². The predicted molar refractivity (Wildman–Crippen MR) is 160 cm³/mol. The number of benzene rings is 3. The molecule has 3 rings (SSSR count). The fourth-order valence-electron chi connectivity index (χ4n) is 4.49. The first kappa shape index (κ1) is 32.4. The third-order valence-electron chi connectivity index (χ3n) is 6.70. The first-order chi connectivity index (χ1) is 19.9. The summed E-state index contributed by atoms with van der Waals surface area (Å²) in [6, 6.07) is 14.1. The summed E-state index contributed by atoms with van der Waals surface area (Å²) in [5, 5.41) is 2.79. The highest BCUT2D eigenvalue weighted by Gasteiger charge is 2.33. The molecule has 1 atom stereocenters. The molecule has 11 heteroatoms. The third kappa shape index (κ3) is 7.79. The molecule has 0 radical (unpaired) electrons. The van der Waals surface area contributed by atoms with E-state index in [1.165, 1.54) is 61.6 Å². The monoisotopic (exact) mass is 599 g/mol. The molecule has 0 fully saturated rings. The second-order valence-electron chi connectivity index (χ2n) is 9.99. The van der Waals surface area contributed by atoms with Gasteiger partial charge in [0.05, 0.1) is 24.8 Å². The Morgan fingerprint density at radius 1 is 0.929 bits per heavy atom. The maximum atomic E-state index is 14.2. The van der Waals surface area contributed by atoms with Crippen LogP contribution in [-0.2, 0) is 26.2 Å². The molecule has 0 heterocycles. The van der Waals surface area contributed by atoms with E-state index in [4.69, 9.17) is 9.47 Å². The Morgan fingerprint density at radius 3 is 2.12 bits per heavy atom. The summed E-state index contributed by atoms with van der Waals surface area (Å²) in [5.74, 6) is -0.866. The fraction of sp³-hybridized carbons (Fsp3) is 0.355. The molecule has 9 nitrogen and oxygen atoms in total. The maximum absolute atomic E-state index is 14.2. The van der Waals surface area contributed by atoms with E-state index < -0.39 is 34.3 Å². The smallest absolute Gasteiger partial charge is 0.264 e. The normalized spacial score (nSPS) is 11.9. The lowest BCUT2D eigenvalue weighted by atomic mass is 10.1. The van der Waals surface area contributed by atoms with Crippen LogP contribution in [-0.4, -0.2) is 58.5 Å². The van der Waals surface area contributed by atoms with Crippen molar-refractivity contribution in [2.45, 2.75) is 51.6 Å². The first-order valence-electron chi connectivity index (χ1n) is 13.6. The first-order valence-corrected chi connectivity index (χ1v) is 15.0. The standard InChI is InChI=1S/C31H38FN3O6S/c1-7-14-33-31(37)23(4)34(19-24-8-10-25(32)11-9-24)30(36)20-35(26-16-21(2)15-22(3)17-26)42(38,39)27-12-13-28(40-5)29(18-27)41-6/h8-13,15-18,23H,7,14,19-20H2,1-6H3,(H,33,37)/t23-/m0/s1. The summed E-state index contributed by atoms with van der Waals surface area (Å²) in [6.45, 7) is 6.96. The number of anilines is 1. The van der Waals surface area contributed by atoms with Crippen molar-refractivity contribution in [3.05, 3.63) is 83.2 Å². The van der Waals surface area contributed by atoms with Crippen molar-refractivity contribution in [3.63, 3.8) is 0 Å². The van der Waals surface area contributed by atoms with Gasteiger partial charge in [0.25, 0.3) is 10.0 Å². The highest BCUT2D eigenvalue weighted by atomic mass is 32.2. The van der Waals surface area contributed by atoms with Gasteiger partial charge >= 0.3 is 0 Å². The van der Waals surface area contributed by atoms with Crippen LogP contribution < -0.4 is 19.1 Å². The number of ether oxygens (including phenoxy) is 2. The Morgan fingerprint density at radius 2 is 1.55 bits per heavy atom. The Balaban J connectivity index is 2.09. The summed E-state index contributed by atoms with van der Waals surface area (Å²) in [7, 11) is -1.47. The molecule has 0 aliphatic heterocycles. The number of aryl methyl sites for hydroxylation is 2. The van der Waals surface area contributed by atoms with Crippen molar-refractivity contribution in [2.75, 3.05) is 31.6 Å². The van der Waals surface area contributed by atoms with E-state index in [0.29, 0.717) is 30.0 Å². The van der Waals surface area contributed by atoms with Crippen molar-refractivity contribution in [3.8, 4) is 11.5 Å². The number of sulfonamides is 1. The molecule has 226 valence electrons. The van der Waals surface area contributed by atoms with E-state index in [9.17, 15) is 22.4 Å². The zero-order valence-corrected chi connectivity index (χ0v) is 25.6. The predicted octanol–water partition coefficient (Wildman–Crippen LogP) is 4.60. The van der Waals surface area contributed by atoms with Gasteiger partial charge in [0.2, 0.25) is 11.8 Å². The number of nitrogens with zero attached hydrogens (tertiary/aromatic N) is 2. The zero-order valence-electron chi connectivity index (χ0n) is 24.8. The van der Waals surface area contributed by atoms with E-state index in [-0.39, 0.29) is 23.1 Å². The van der Waals surface area contributed by atoms with Gasteiger partial charge in [0.15, 0.2) is 11.5 Å². The molecule has 42 heavy (non-hydrogen) atoms. The van der Waals surface area contributed by atoms with Crippen LogP contribution in [0, 0.1) is 19.7 Å². The van der Waals surface area contributed by atoms with E-state index >= 15 is 0 Å². The number of hydrogen-bond donors (Lipinski definition) is 1. The molecule has 3 aromatic carbocycles. The molecule has 2 amide bonds. The summed E-state index contributed by atoms with van der Waals surface area (Å²) in [4.78, 5) is 28.2. The Kier molecular flexibility index (Phi) is 10.9. The van der Waals surface area contributed by atoms with Crippen LogP contribution in [0.3, 0.4) is 0 Å². The van der Waals surface area contributed by atoms with Gasteiger partial charge in [0, 0.05) is 19.2 Å². The summed E-state index contributed by atoms with van der Waals surface area (Å²) >= 11 is 0. The van der Waals surface area contributed by atoms with Gasteiger partial charge in [-0.05, 0) is 80.3 Å². The number of halogens is 1. The largest absolute Gasteiger partial charge is 0.493 e. The van der Waals surface area contributed by atoms with Crippen molar-refractivity contribution in [1.82, 2.24) is 10.2 Å². The lowest BCUT2D eigenvalue weighted by Gasteiger charge is -2.32. The van der Waals surface area contributed by atoms with Crippen molar-refractivity contribution < 1.29 is 31.9 Å². The van der Waals surface area contributed by atoms with Gasteiger partial charge in [-0.3, -0.25) is 13.9 Å². The molecule has 0 aliphatic rings. The Bertz CT molecular complexity index is 1490. The molecule has 1 N–H and O–H groups in total. The second kappa shape index (κ2) is 14.2. The zero-order chi connectivity index (χ0) is 31.0. The summed E-state index contributed by atoms with van der Waals surface area (Å²) < 4.78 is 53.5. The van der Waals surface area contributed by atoms with Crippen LogP contribution in [0.2, 0.25) is 0 Å². The van der Waals surface area contributed by atoms with Gasteiger partial charge in [0.1, 0.15) is 18.4 Å². The number of methoxy groups -OCH3 is 2. The molecule has 0 bridgehead atoms.